The standard InChI is InChI=1S/C12H22N4/c1-5-13-11(10-7-12(10,2)3)6-9-8-16(4)15-14-9/h8,10-11,13H,5-7H2,1-4H3. The summed E-state index contributed by atoms with van der Waals surface area (Å²) in [6, 6.07) is 0.553. The fourth-order valence-electron chi connectivity index (χ4n) is 2.53. The van der Waals surface area contributed by atoms with Crippen molar-refractivity contribution in [3.05, 3.63) is 11.9 Å². The molecule has 0 bridgehead atoms. The summed E-state index contributed by atoms with van der Waals surface area (Å²) in [5.41, 5.74) is 1.60. The van der Waals surface area contributed by atoms with Crippen molar-refractivity contribution in [1.82, 2.24) is 20.3 Å². The van der Waals surface area contributed by atoms with E-state index in [0.717, 1.165) is 24.6 Å². The van der Waals surface area contributed by atoms with E-state index >= 15 is 0 Å². The molecule has 2 unspecified atom stereocenters. The Morgan fingerprint density at radius 1 is 1.62 bits per heavy atom. The number of likely N-dealkylation sites (N-methyl/N-ethyl adjacent to an activating group) is 1. The molecule has 0 saturated heterocycles. The fourth-order valence-corrected chi connectivity index (χ4v) is 2.53. The first-order chi connectivity index (χ1) is 7.53. The minimum Gasteiger partial charge on any atom is -0.314 e. The van der Waals surface area contributed by atoms with Crippen molar-refractivity contribution in [3.63, 3.8) is 0 Å². The zero-order valence-electron chi connectivity index (χ0n) is 10.7. The van der Waals surface area contributed by atoms with Gasteiger partial charge in [-0.3, -0.25) is 4.68 Å². The van der Waals surface area contributed by atoms with Gasteiger partial charge in [0, 0.05) is 25.7 Å². The first-order valence-corrected chi connectivity index (χ1v) is 6.11. The van der Waals surface area contributed by atoms with Crippen LogP contribution >= 0.6 is 0 Å². The van der Waals surface area contributed by atoms with Gasteiger partial charge in [0.25, 0.3) is 0 Å². The largest absolute Gasteiger partial charge is 0.314 e. The van der Waals surface area contributed by atoms with Gasteiger partial charge in [0.2, 0.25) is 0 Å². The number of hydrogen-bond donors (Lipinski definition) is 1. The lowest BCUT2D eigenvalue weighted by Crippen LogP contribution is -2.34. The molecule has 1 aromatic rings. The molecular weight excluding hydrogens is 200 g/mol. The van der Waals surface area contributed by atoms with Crippen LogP contribution in [0.4, 0.5) is 0 Å². The Hall–Kier alpha value is -0.900. The van der Waals surface area contributed by atoms with Crippen LogP contribution in [0.5, 0.6) is 0 Å². The van der Waals surface area contributed by atoms with Crippen LogP contribution in [0.3, 0.4) is 0 Å². The molecule has 1 saturated carbocycles. The molecule has 1 aliphatic rings. The van der Waals surface area contributed by atoms with Crippen LogP contribution in [-0.2, 0) is 13.5 Å². The Bertz CT molecular complexity index is 356. The molecule has 4 nitrogen and oxygen atoms in total. The van der Waals surface area contributed by atoms with Gasteiger partial charge in [-0.15, -0.1) is 5.10 Å². The summed E-state index contributed by atoms with van der Waals surface area (Å²) >= 11 is 0. The highest BCUT2D eigenvalue weighted by Gasteiger charge is 2.49. The monoisotopic (exact) mass is 222 g/mol. The highest BCUT2D eigenvalue weighted by molar-refractivity contribution is 5.06. The summed E-state index contributed by atoms with van der Waals surface area (Å²) in [6.07, 6.45) is 4.33. The Balaban J connectivity index is 1.98. The van der Waals surface area contributed by atoms with Crippen molar-refractivity contribution >= 4 is 0 Å². The third-order valence-corrected chi connectivity index (χ3v) is 3.62. The predicted octanol–water partition coefficient (Wildman–Crippen LogP) is 1.38. The maximum Gasteiger partial charge on any atom is 0.0842 e. The Morgan fingerprint density at radius 2 is 2.31 bits per heavy atom. The van der Waals surface area contributed by atoms with Gasteiger partial charge >= 0.3 is 0 Å². The second kappa shape index (κ2) is 4.17. The first kappa shape index (κ1) is 11.6. The average molecular weight is 222 g/mol. The van der Waals surface area contributed by atoms with Crippen molar-refractivity contribution in [2.45, 2.75) is 39.7 Å². The van der Waals surface area contributed by atoms with Crippen LogP contribution in [0, 0.1) is 11.3 Å². The van der Waals surface area contributed by atoms with E-state index in [1.807, 2.05) is 13.2 Å². The van der Waals surface area contributed by atoms with Crippen LogP contribution in [0.2, 0.25) is 0 Å². The lowest BCUT2D eigenvalue weighted by Gasteiger charge is -2.18. The Morgan fingerprint density at radius 3 is 2.75 bits per heavy atom. The van der Waals surface area contributed by atoms with E-state index in [4.69, 9.17) is 0 Å². The van der Waals surface area contributed by atoms with Gasteiger partial charge in [0.15, 0.2) is 0 Å². The van der Waals surface area contributed by atoms with Crippen LogP contribution < -0.4 is 5.32 Å². The van der Waals surface area contributed by atoms with Gasteiger partial charge in [-0.05, 0) is 24.3 Å². The van der Waals surface area contributed by atoms with Crippen LogP contribution in [0.15, 0.2) is 6.20 Å². The third kappa shape index (κ3) is 2.43. The fraction of sp³-hybridized carbons (Fsp3) is 0.833. The van der Waals surface area contributed by atoms with Gasteiger partial charge in [0.05, 0.1) is 5.69 Å². The number of nitrogens with zero attached hydrogens (tertiary/aromatic N) is 3. The van der Waals surface area contributed by atoms with E-state index in [1.54, 1.807) is 4.68 Å². The molecular formula is C12H22N4. The van der Waals surface area contributed by atoms with Gasteiger partial charge in [0.1, 0.15) is 0 Å². The zero-order valence-corrected chi connectivity index (χ0v) is 10.7. The number of aryl methyl sites for hydroxylation is 1. The normalized spacial score (nSPS) is 24.4. The summed E-state index contributed by atoms with van der Waals surface area (Å²) < 4.78 is 1.77. The molecule has 4 heteroatoms. The highest BCUT2D eigenvalue weighted by Crippen LogP contribution is 2.53. The molecule has 1 heterocycles. The van der Waals surface area contributed by atoms with Crippen LogP contribution in [0.25, 0.3) is 0 Å². The smallest absolute Gasteiger partial charge is 0.0842 e. The van der Waals surface area contributed by atoms with Gasteiger partial charge in [-0.1, -0.05) is 26.0 Å². The molecule has 0 spiro atoms. The second-order valence-corrected chi connectivity index (χ2v) is 5.55. The quantitative estimate of drug-likeness (QED) is 0.818. The molecule has 16 heavy (non-hydrogen) atoms. The number of nitrogens with one attached hydrogen (secondary N) is 1. The van der Waals surface area contributed by atoms with Gasteiger partial charge < -0.3 is 5.32 Å². The number of hydrogen-bond acceptors (Lipinski definition) is 3. The van der Waals surface area contributed by atoms with Crippen molar-refractivity contribution < 1.29 is 0 Å². The maximum absolute atomic E-state index is 4.17. The van der Waals surface area contributed by atoms with Crippen molar-refractivity contribution in [3.8, 4) is 0 Å². The summed E-state index contributed by atoms with van der Waals surface area (Å²) in [5, 5.41) is 11.7. The van der Waals surface area contributed by atoms with E-state index in [1.165, 1.54) is 6.42 Å². The molecule has 2 atom stereocenters. The number of aromatic nitrogens is 3. The summed E-state index contributed by atoms with van der Waals surface area (Å²) in [7, 11) is 1.92. The minimum absolute atomic E-state index is 0.509. The Kier molecular flexibility index (Phi) is 3.02. The lowest BCUT2D eigenvalue weighted by atomic mass is 10.00. The summed E-state index contributed by atoms with van der Waals surface area (Å²) in [6.45, 7) is 7.88. The molecule has 0 aromatic carbocycles. The predicted molar refractivity (Wildman–Crippen MR) is 64.1 cm³/mol. The number of rotatable bonds is 5. The Labute approximate surface area is 97.4 Å². The molecule has 0 aliphatic heterocycles. The van der Waals surface area contributed by atoms with E-state index in [-0.39, 0.29) is 0 Å². The third-order valence-electron chi connectivity index (χ3n) is 3.62. The molecule has 1 N–H and O–H groups in total. The highest BCUT2D eigenvalue weighted by atomic mass is 15.4. The van der Waals surface area contributed by atoms with Crippen molar-refractivity contribution in [2.24, 2.45) is 18.4 Å². The first-order valence-electron chi connectivity index (χ1n) is 6.11. The topological polar surface area (TPSA) is 42.7 Å². The molecule has 1 fully saturated rings. The molecule has 90 valence electrons. The SMILES string of the molecule is CCNC(Cc1cn(C)nn1)C1CC1(C)C. The molecule has 0 radical (unpaired) electrons. The van der Waals surface area contributed by atoms with Gasteiger partial charge in [-0.2, -0.15) is 0 Å². The van der Waals surface area contributed by atoms with Gasteiger partial charge in [-0.25, -0.2) is 0 Å². The minimum atomic E-state index is 0.509. The molecule has 1 aliphatic carbocycles. The van der Waals surface area contributed by atoms with E-state index < -0.39 is 0 Å². The maximum atomic E-state index is 4.17. The van der Waals surface area contributed by atoms with E-state index in [0.29, 0.717) is 11.5 Å². The molecule has 2 rings (SSSR count). The summed E-state index contributed by atoms with van der Waals surface area (Å²) in [5.74, 6) is 0.787. The zero-order chi connectivity index (χ0) is 11.8. The van der Waals surface area contributed by atoms with Crippen molar-refractivity contribution in [2.75, 3.05) is 6.54 Å². The molecule has 1 aromatic heterocycles. The van der Waals surface area contributed by atoms with Crippen LogP contribution in [0.1, 0.15) is 32.9 Å². The van der Waals surface area contributed by atoms with Crippen molar-refractivity contribution in [1.29, 1.82) is 0 Å². The second-order valence-electron chi connectivity index (χ2n) is 5.55. The van der Waals surface area contributed by atoms with Crippen LogP contribution in [-0.4, -0.2) is 27.6 Å². The van der Waals surface area contributed by atoms with E-state index in [2.05, 4.69) is 36.4 Å². The molecule has 0 amide bonds. The lowest BCUT2D eigenvalue weighted by molar-refractivity contribution is 0.407. The summed E-state index contributed by atoms with van der Waals surface area (Å²) in [4.78, 5) is 0. The average Bonchev–Trinajstić information content (AvgIpc) is 2.64. The van der Waals surface area contributed by atoms with E-state index in [9.17, 15) is 0 Å².